The van der Waals surface area contributed by atoms with Crippen LogP contribution in [-0.2, 0) is 9.59 Å². The molecule has 1 saturated heterocycles. The molecule has 0 aromatic rings. The van der Waals surface area contributed by atoms with Gasteiger partial charge < -0.3 is 16.2 Å². The lowest BCUT2D eigenvalue weighted by atomic mass is 9.86. The van der Waals surface area contributed by atoms with Gasteiger partial charge in [0.05, 0.1) is 13.2 Å². The number of nitrogens with zero attached hydrogens (tertiary/aromatic N) is 1. The first-order chi connectivity index (χ1) is 10.0. The number of aliphatic hydroxyl groups excluding tert-OH is 1. The van der Waals surface area contributed by atoms with Crippen molar-refractivity contribution in [1.82, 2.24) is 10.2 Å². The summed E-state index contributed by atoms with van der Waals surface area (Å²) in [6, 6.07) is 0. The third kappa shape index (κ3) is 4.41. The maximum atomic E-state index is 12.2. The van der Waals surface area contributed by atoms with E-state index in [1.165, 1.54) is 0 Å². The summed E-state index contributed by atoms with van der Waals surface area (Å²) in [6.45, 7) is 2.51. The molecule has 2 rings (SSSR count). The molecule has 0 aromatic heterocycles. The Morgan fingerprint density at radius 2 is 1.86 bits per heavy atom. The van der Waals surface area contributed by atoms with Crippen LogP contribution in [0.25, 0.3) is 0 Å². The minimum absolute atomic E-state index is 0.0197. The normalized spacial score (nSPS) is 23.1. The van der Waals surface area contributed by atoms with Crippen molar-refractivity contribution in [3.8, 4) is 0 Å². The molecule has 2 fully saturated rings. The van der Waals surface area contributed by atoms with E-state index in [1.54, 1.807) is 0 Å². The van der Waals surface area contributed by atoms with E-state index in [2.05, 4.69) is 5.32 Å². The van der Waals surface area contributed by atoms with Crippen molar-refractivity contribution in [2.45, 2.75) is 38.5 Å². The Kier molecular flexibility index (Phi) is 5.58. The van der Waals surface area contributed by atoms with Crippen LogP contribution in [0, 0.1) is 11.3 Å². The first-order valence-electron chi connectivity index (χ1n) is 7.94. The number of carbonyl (C=O) groups is 2. The van der Waals surface area contributed by atoms with Crippen molar-refractivity contribution in [1.29, 1.82) is 0 Å². The second kappa shape index (κ2) is 7.22. The minimum atomic E-state index is -0.316. The summed E-state index contributed by atoms with van der Waals surface area (Å²) in [5.74, 6) is -0.205. The van der Waals surface area contributed by atoms with Gasteiger partial charge in [-0.15, -0.1) is 0 Å². The van der Waals surface area contributed by atoms with Gasteiger partial charge in [-0.1, -0.05) is 12.8 Å². The first kappa shape index (κ1) is 16.2. The average Bonchev–Trinajstić information content (AvgIpc) is 2.94. The Morgan fingerprint density at radius 1 is 1.24 bits per heavy atom. The van der Waals surface area contributed by atoms with Crippen molar-refractivity contribution in [2.24, 2.45) is 17.1 Å². The number of primary amides is 1. The molecule has 21 heavy (non-hydrogen) atoms. The Hall–Kier alpha value is -1.14. The number of amides is 2. The number of nitrogens with two attached hydrogens (primary N) is 1. The second-order valence-corrected chi connectivity index (χ2v) is 6.60. The highest BCUT2D eigenvalue weighted by atomic mass is 16.3. The van der Waals surface area contributed by atoms with Crippen LogP contribution in [0.3, 0.4) is 0 Å². The Balaban J connectivity index is 1.73. The lowest BCUT2D eigenvalue weighted by molar-refractivity contribution is -0.127. The van der Waals surface area contributed by atoms with Crippen LogP contribution < -0.4 is 11.1 Å². The quantitative estimate of drug-likeness (QED) is 0.635. The van der Waals surface area contributed by atoms with Crippen LogP contribution in [0.1, 0.15) is 38.5 Å². The van der Waals surface area contributed by atoms with Crippen LogP contribution in [0.4, 0.5) is 0 Å². The van der Waals surface area contributed by atoms with Gasteiger partial charge in [0.15, 0.2) is 0 Å². The van der Waals surface area contributed by atoms with Gasteiger partial charge in [0.25, 0.3) is 0 Å². The average molecular weight is 297 g/mol. The molecule has 1 saturated carbocycles. The molecule has 1 heterocycles. The van der Waals surface area contributed by atoms with Crippen LogP contribution in [0.15, 0.2) is 0 Å². The number of hydrogen-bond acceptors (Lipinski definition) is 4. The van der Waals surface area contributed by atoms with Crippen LogP contribution in [0.5, 0.6) is 0 Å². The summed E-state index contributed by atoms with van der Waals surface area (Å²) in [5, 5.41) is 12.6. The zero-order valence-electron chi connectivity index (χ0n) is 12.6. The van der Waals surface area contributed by atoms with E-state index in [1.807, 2.05) is 4.90 Å². The molecule has 2 amide bonds. The van der Waals surface area contributed by atoms with Crippen molar-refractivity contribution in [3.63, 3.8) is 0 Å². The molecule has 0 bridgehead atoms. The van der Waals surface area contributed by atoms with Gasteiger partial charge in [0, 0.05) is 17.9 Å². The highest BCUT2D eigenvalue weighted by Crippen LogP contribution is 2.37. The predicted octanol–water partition coefficient (Wildman–Crippen LogP) is -0.147. The Bertz CT molecular complexity index is 372. The minimum Gasteiger partial charge on any atom is -0.396 e. The fraction of sp³-hybridized carbons (Fsp3) is 0.867. The van der Waals surface area contributed by atoms with Gasteiger partial charge in [-0.3, -0.25) is 14.5 Å². The number of aliphatic hydroxyl groups is 1. The summed E-state index contributed by atoms with van der Waals surface area (Å²) in [5.41, 5.74) is 5.09. The van der Waals surface area contributed by atoms with Gasteiger partial charge in [0.1, 0.15) is 0 Å². The van der Waals surface area contributed by atoms with E-state index in [-0.39, 0.29) is 36.3 Å². The van der Waals surface area contributed by atoms with Crippen LogP contribution >= 0.6 is 0 Å². The van der Waals surface area contributed by atoms with E-state index >= 15 is 0 Å². The highest BCUT2D eigenvalue weighted by molar-refractivity contribution is 5.79. The second-order valence-electron chi connectivity index (χ2n) is 6.60. The zero-order valence-corrected chi connectivity index (χ0v) is 12.6. The largest absolute Gasteiger partial charge is 0.396 e. The van der Waals surface area contributed by atoms with E-state index < -0.39 is 0 Å². The zero-order chi connectivity index (χ0) is 15.3. The van der Waals surface area contributed by atoms with E-state index in [0.717, 1.165) is 51.6 Å². The molecular formula is C15H27N3O3. The molecule has 1 aliphatic carbocycles. The van der Waals surface area contributed by atoms with E-state index in [4.69, 9.17) is 5.73 Å². The molecule has 0 aromatic carbocycles. The summed E-state index contributed by atoms with van der Waals surface area (Å²) in [6.07, 6.45) is 5.82. The summed E-state index contributed by atoms with van der Waals surface area (Å²) in [4.78, 5) is 25.1. The number of likely N-dealkylation sites (tertiary alicyclic amines) is 1. The van der Waals surface area contributed by atoms with Crippen molar-refractivity contribution in [3.05, 3.63) is 0 Å². The Morgan fingerprint density at radius 3 is 2.38 bits per heavy atom. The standard InChI is InChI=1S/C15H27N3O3/c16-13(20)9-18-7-3-12(4-8-18)14(21)17-10-15(11-19)5-1-2-6-15/h12,19H,1-11H2,(H2,16,20)(H,17,21). The number of carbonyl (C=O) groups excluding carboxylic acids is 2. The monoisotopic (exact) mass is 297 g/mol. The van der Waals surface area contributed by atoms with Gasteiger partial charge in [-0.25, -0.2) is 0 Å². The van der Waals surface area contributed by atoms with E-state index in [0.29, 0.717) is 6.54 Å². The van der Waals surface area contributed by atoms with Crippen LogP contribution in [-0.4, -0.2) is 54.6 Å². The fourth-order valence-corrected chi connectivity index (χ4v) is 3.51. The summed E-state index contributed by atoms with van der Waals surface area (Å²) >= 11 is 0. The molecule has 6 heteroatoms. The number of hydrogen-bond donors (Lipinski definition) is 3. The molecule has 6 nitrogen and oxygen atoms in total. The molecule has 0 atom stereocenters. The lowest BCUT2D eigenvalue weighted by Crippen LogP contribution is -2.45. The van der Waals surface area contributed by atoms with Crippen molar-refractivity contribution < 1.29 is 14.7 Å². The molecule has 4 N–H and O–H groups in total. The molecule has 120 valence electrons. The molecule has 2 aliphatic rings. The SMILES string of the molecule is NC(=O)CN1CCC(C(=O)NCC2(CO)CCCC2)CC1. The van der Waals surface area contributed by atoms with E-state index in [9.17, 15) is 14.7 Å². The molecule has 0 spiro atoms. The third-order valence-corrected chi connectivity index (χ3v) is 4.98. The van der Waals surface area contributed by atoms with Crippen molar-refractivity contribution in [2.75, 3.05) is 32.8 Å². The van der Waals surface area contributed by atoms with Gasteiger partial charge in [-0.2, -0.15) is 0 Å². The molecule has 0 unspecified atom stereocenters. The van der Waals surface area contributed by atoms with Gasteiger partial charge in [-0.05, 0) is 38.8 Å². The topological polar surface area (TPSA) is 95.7 Å². The maximum Gasteiger partial charge on any atom is 0.231 e. The fourth-order valence-electron chi connectivity index (χ4n) is 3.51. The third-order valence-electron chi connectivity index (χ3n) is 4.98. The summed E-state index contributed by atoms with van der Waals surface area (Å²) < 4.78 is 0. The maximum absolute atomic E-state index is 12.2. The first-order valence-corrected chi connectivity index (χ1v) is 7.94. The highest BCUT2D eigenvalue weighted by Gasteiger charge is 2.34. The Labute approximate surface area is 126 Å². The predicted molar refractivity (Wildman–Crippen MR) is 79.4 cm³/mol. The molecular weight excluding hydrogens is 270 g/mol. The number of piperidine rings is 1. The lowest BCUT2D eigenvalue weighted by Gasteiger charge is -2.32. The number of nitrogens with one attached hydrogen (secondary N) is 1. The number of rotatable bonds is 6. The van der Waals surface area contributed by atoms with Crippen LogP contribution in [0.2, 0.25) is 0 Å². The van der Waals surface area contributed by atoms with Crippen molar-refractivity contribution >= 4 is 11.8 Å². The smallest absolute Gasteiger partial charge is 0.231 e. The van der Waals surface area contributed by atoms with Gasteiger partial charge in [0.2, 0.25) is 11.8 Å². The molecule has 0 radical (unpaired) electrons. The van der Waals surface area contributed by atoms with Gasteiger partial charge >= 0.3 is 0 Å². The molecule has 1 aliphatic heterocycles. The summed E-state index contributed by atoms with van der Waals surface area (Å²) in [7, 11) is 0.